The zero-order valence-electron chi connectivity index (χ0n) is 23.0. The molecule has 0 unspecified atom stereocenters. The van der Waals surface area contributed by atoms with Gasteiger partial charge in [-0.15, -0.1) is 0 Å². The molecule has 0 bridgehead atoms. The molecule has 1 N–H and O–H groups in total. The van der Waals surface area contributed by atoms with Gasteiger partial charge in [0.1, 0.15) is 17.2 Å². The van der Waals surface area contributed by atoms with E-state index in [-0.39, 0.29) is 17.5 Å². The van der Waals surface area contributed by atoms with Crippen molar-refractivity contribution in [2.75, 3.05) is 17.3 Å². The zero-order valence-corrected chi connectivity index (χ0v) is 23.8. The lowest BCUT2D eigenvalue weighted by atomic mass is 9.64. The molecule has 3 aliphatic heterocycles. The third-order valence-electron chi connectivity index (χ3n) is 8.84. The van der Waals surface area contributed by atoms with Crippen LogP contribution in [-0.4, -0.2) is 36.7 Å². The Morgan fingerprint density at radius 1 is 0.905 bits per heavy atom. The molecule has 0 radical (unpaired) electrons. The lowest BCUT2D eigenvalue weighted by Gasteiger charge is -2.37. The quantitative estimate of drug-likeness (QED) is 0.275. The number of aryl methyl sites for hydroxylation is 1. The van der Waals surface area contributed by atoms with Crippen molar-refractivity contribution >= 4 is 46.5 Å². The monoisotopic (exact) mass is 574 g/mol. The largest absolute Gasteiger partial charge is 0.497 e. The second-order valence-corrected chi connectivity index (χ2v) is 11.5. The topological polar surface area (TPSA) is 75.7 Å². The minimum absolute atomic E-state index is 0.251. The third kappa shape index (κ3) is 3.68. The molecule has 0 saturated carbocycles. The van der Waals surface area contributed by atoms with Gasteiger partial charge in [0.05, 0.1) is 19.1 Å². The first-order valence-corrected chi connectivity index (χ1v) is 14.2. The van der Waals surface area contributed by atoms with Gasteiger partial charge in [-0.2, -0.15) is 0 Å². The minimum atomic E-state index is -1.36. The van der Waals surface area contributed by atoms with Crippen LogP contribution in [0, 0.1) is 12.8 Å². The van der Waals surface area contributed by atoms with Gasteiger partial charge in [-0.25, -0.2) is 0 Å². The van der Waals surface area contributed by atoms with E-state index in [2.05, 4.69) is 11.4 Å². The smallest absolute Gasteiger partial charge is 0.238 e. The number of nitrogens with one attached hydrogen (secondary N) is 1. The van der Waals surface area contributed by atoms with Gasteiger partial charge in [0.15, 0.2) is 11.6 Å². The van der Waals surface area contributed by atoms with Gasteiger partial charge in [0.25, 0.3) is 0 Å². The normalized spacial score (nSPS) is 23.3. The summed E-state index contributed by atoms with van der Waals surface area (Å²) in [7, 11) is 1.56. The van der Waals surface area contributed by atoms with Crippen molar-refractivity contribution in [3.8, 4) is 5.75 Å². The summed E-state index contributed by atoms with van der Waals surface area (Å²) in [6, 6.07) is 25.5. The second kappa shape index (κ2) is 9.71. The van der Waals surface area contributed by atoms with E-state index < -0.39 is 23.4 Å². The lowest BCUT2D eigenvalue weighted by Crippen LogP contribution is -2.51. The molecular weight excluding hydrogens is 548 g/mol. The molecule has 3 aliphatic rings. The number of hydrogen-bond acceptors (Lipinski definition) is 5. The van der Waals surface area contributed by atoms with E-state index in [1.54, 1.807) is 55.6 Å². The van der Waals surface area contributed by atoms with E-state index in [9.17, 15) is 14.4 Å². The van der Waals surface area contributed by atoms with E-state index >= 15 is 0 Å². The van der Waals surface area contributed by atoms with Crippen LogP contribution in [0.25, 0.3) is 6.08 Å². The van der Waals surface area contributed by atoms with Gasteiger partial charge in [0, 0.05) is 27.5 Å². The van der Waals surface area contributed by atoms with Gasteiger partial charge < -0.3 is 15.0 Å². The Bertz CT molecular complexity index is 1800. The van der Waals surface area contributed by atoms with E-state index in [0.717, 1.165) is 16.8 Å². The van der Waals surface area contributed by atoms with Crippen LogP contribution in [0.5, 0.6) is 5.75 Å². The molecule has 6 nitrogen and oxygen atoms in total. The number of anilines is 2. The van der Waals surface area contributed by atoms with Crippen molar-refractivity contribution in [2.24, 2.45) is 5.92 Å². The zero-order chi connectivity index (χ0) is 29.2. The molecule has 4 atom stereocenters. The number of ketones is 2. The highest BCUT2D eigenvalue weighted by Gasteiger charge is 2.70. The molecule has 3 heterocycles. The molecule has 1 saturated heterocycles. The van der Waals surface area contributed by atoms with E-state index in [0.29, 0.717) is 33.1 Å². The SMILES string of the molecule is COc1ccc(C(=O)[C@@H]2[C@H](C(=O)c3ccc(Cl)cc3)N3c4ccc(C)cc4C=C[C@H]3[C@@]23C(=O)Nc2ccccc23)cc1. The van der Waals surface area contributed by atoms with Gasteiger partial charge in [0.2, 0.25) is 5.91 Å². The maximum atomic E-state index is 14.8. The summed E-state index contributed by atoms with van der Waals surface area (Å²) in [5.74, 6) is -1.26. The van der Waals surface area contributed by atoms with Gasteiger partial charge in [-0.3, -0.25) is 14.4 Å². The molecule has 208 valence electrons. The molecule has 0 aliphatic carbocycles. The molecule has 42 heavy (non-hydrogen) atoms. The number of amides is 1. The van der Waals surface area contributed by atoms with E-state index in [4.69, 9.17) is 16.3 Å². The summed E-state index contributed by atoms with van der Waals surface area (Å²) in [4.78, 5) is 45.9. The number of fused-ring (bicyclic) bond motifs is 6. The fourth-order valence-electron chi connectivity index (χ4n) is 7.02. The summed E-state index contributed by atoms with van der Waals surface area (Å²) < 4.78 is 5.33. The van der Waals surface area contributed by atoms with Crippen LogP contribution in [0.2, 0.25) is 5.02 Å². The number of carbonyl (C=O) groups is 3. The molecule has 7 rings (SSSR count). The van der Waals surface area contributed by atoms with Crippen molar-refractivity contribution in [3.05, 3.63) is 130 Å². The van der Waals surface area contributed by atoms with Crippen molar-refractivity contribution in [1.29, 1.82) is 0 Å². The molecule has 1 spiro atoms. The molecule has 7 heteroatoms. The van der Waals surface area contributed by atoms with Crippen LogP contribution in [0.4, 0.5) is 11.4 Å². The highest BCUT2D eigenvalue weighted by molar-refractivity contribution is 6.30. The Kier molecular flexibility index (Phi) is 6.06. The average molecular weight is 575 g/mol. The van der Waals surface area contributed by atoms with Crippen LogP contribution in [0.1, 0.15) is 37.4 Å². The molecule has 4 aromatic rings. The predicted octanol–water partition coefficient (Wildman–Crippen LogP) is 6.51. The highest BCUT2D eigenvalue weighted by atomic mass is 35.5. The molecule has 4 aromatic carbocycles. The fourth-order valence-corrected chi connectivity index (χ4v) is 7.14. The van der Waals surface area contributed by atoms with Crippen molar-refractivity contribution in [2.45, 2.75) is 24.4 Å². The van der Waals surface area contributed by atoms with E-state index in [1.807, 2.05) is 60.4 Å². The number of hydrogen-bond donors (Lipinski definition) is 1. The third-order valence-corrected chi connectivity index (χ3v) is 9.09. The second-order valence-electron chi connectivity index (χ2n) is 11.0. The first-order valence-electron chi connectivity index (χ1n) is 13.8. The number of halogens is 1. The predicted molar refractivity (Wildman–Crippen MR) is 164 cm³/mol. The summed E-state index contributed by atoms with van der Waals surface area (Å²) in [6.07, 6.45) is 3.98. The number of carbonyl (C=O) groups excluding carboxylic acids is 3. The van der Waals surface area contributed by atoms with Gasteiger partial charge in [-0.1, -0.05) is 53.6 Å². The number of ether oxygens (including phenoxy) is 1. The minimum Gasteiger partial charge on any atom is -0.497 e. The Morgan fingerprint density at radius 3 is 2.33 bits per heavy atom. The number of Topliss-reactive ketones (excluding diaryl/α,β-unsaturated/α-hetero) is 2. The number of rotatable bonds is 5. The maximum Gasteiger partial charge on any atom is 0.238 e. The summed E-state index contributed by atoms with van der Waals surface area (Å²) in [5.41, 5.74) is 3.63. The Balaban J connectivity index is 1.52. The Labute approximate surface area is 248 Å². The number of benzene rings is 4. The maximum absolute atomic E-state index is 14.8. The van der Waals surface area contributed by atoms with Crippen LogP contribution >= 0.6 is 11.6 Å². The molecular formula is C35H27ClN2O4. The Hall–Kier alpha value is -4.68. The van der Waals surface area contributed by atoms with Crippen LogP contribution < -0.4 is 15.0 Å². The lowest BCUT2D eigenvalue weighted by molar-refractivity contribution is -0.121. The van der Waals surface area contributed by atoms with Crippen LogP contribution in [0.3, 0.4) is 0 Å². The number of nitrogens with zero attached hydrogens (tertiary/aromatic N) is 1. The summed E-state index contributed by atoms with van der Waals surface area (Å²) >= 11 is 6.18. The fraction of sp³-hybridized carbons (Fsp3) is 0.171. The Morgan fingerprint density at radius 2 is 1.60 bits per heavy atom. The first kappa shape index (κ1) is 26.2. The standard InChI is InChI=1S/C35H27ClN2O4/c1-20-7-17-28-23(19-20)12-18-29-35(26-5-3-4-6-27(26)37-34(35)41)30(32(39)21-10-15-25(42-2)16-11-21)31(38(28)29)33(40)22-8-13-24(36)14-9-22/h3-19,29-31H,1-2H3,(H,37,41)/t29-,30-,31+,35+/m0/s1. The number of methoxy groups -OCH3 is 1. The molecule has 1 fully saturated rings. The van der Waals surface area contributed by atoms with Gasteiger partial charge >= 0.3 is 0 Å². The van der Waals surface area contributed by atoms with Crippen molar-refractivity contribution in [1.82, 2.24) is 0 Å². The average Bonchev–Trinajstić information content (AvgIpc) is 3.49. The summed E-state index contributed by atoms with van der Waals surface area (Å²) in [6.45, 7) is 2.01. The number of para-hydroxylation sites is 1. The van der Waals surface area contributed by atoms with Crippen molar-refractivity contribution < 1.29 is 19.1 Å². The molecule has 0 aromatic heterocycles. The first-order chi connectivity index (χ1) is 20.3. The van der Waals surface area contributed by atoms with Crippen LogP contribution in [-0.2, 0) is 10.2 Å². The highest BCUT2D eigenvalue weighted by Crippen LogP contribution is 2.58. The van der Waals surface area contributed by atoms with Gasteiger partial charge in [-0.05, 0) is 84.8 Å². The van der Waals surface area contributed by atoms with Crippen molar-refractivity contribution in [3.63, 3.8) is 0 Å². The van der Waals surface area contributed by atoms with Crippen LogP contribution in [0.15, 0.2) is 97.1 Å². The summed E-state index contributed by atoms with van der Waals surface area (Å²) in [5, 5.41) is 3.56. The van der Waals surface area contributed by atoms with E-state index in [1.165, 1.54) is 0 Å². The molecule has 1 amide bonds.